The maximum absolute atomic E-state index is 10.9. The summed E-state index contributed by atoms with van der Waals surface area (Å²) in [4.78, 5) is 45.9. The van der Waals surface area contributed by atoms with Crippen molar-refractivity contribution in [1.82, 2.24) is 9.80 Å². The predicted molar refractivity (Wildman–Crippen MR) is 69.6 cm³/mol. The van der Waals surface area contributed by atoms with Crippen molar-refractivity contribution in [2.24, 2.45) is 11.5 Å². The van der Waals surface area contributed by atoms with Crippen LogP contribution in [0.1, 0.15) is 6.92 Å². The summed E-state index contributed by atoms with van der Waals surface area (Å²) in [7, 11) is 0. The SMILES string of the molecule is C[C@H](CN(CC(N)=O)CC(=O)O)N(CC=O)CC(N)=O. The van der Waals surface area contributed by atoms with E-state index >= 15 is 0 Å². The summed E-state index contributed by atoms with van der Waals surface area (Å²) < 4.78 is 0. The standard InChI is InChI=1S/C11H20N4O5/c1-8(15(2-3-16)6-10(13)18)4-14(5-9(12)17)7-11(19)20/h3,8H,2,4-7H2,1H3,(H2,12,17)(H2,13,18)(H,19,20)/t8-/m1/s1. The first-order valence-electron chi connectivity index (χ1n) is 5.94. The van der Waals surface area contributed by atoms with E-state index in [0.29, 0.717) is 6.29 Å². The minimum atomic E-state index is -1.10. The van der Waals surface area contributed by atoms with Crippen LogP contribution in [0.4, 0.5) is 0 Å². The fraction of sp³-hybridized carbons (Fsp3) is 0.636. The van der Waals surface area contributed by atoms with Gasteiger partial charge in [0.25, 0.3) is 0 Å². The Kier molecular flexibility index (Phi) is 8.09. The van der Waals surface area contributed by atoms with Crippen LogP contribution in [0.3, 0.4) is 0 Å². The summed E-state index contributed by atoms with van der Waals surface area (Å²) in [6.07, 6.45) is 0.620. The third-order valence-electron chi connectivity index (χ3n) is 2.55. The highest BCUT2D eigenvalue weighted by atomic mass is 16.4. The molecule has 2 amide bonds. The van der Waals surface area contributed by atoms with Gasteiger partial charge in [0, 0.05) is 12.6 Å². The van der Waals surface area contributed by atoms with E-state index in [2.05, 4.69) is 0 Å². The molecule has 1 atom stereocenters. The highest BCUT2D eigenvalue weighted by Crippen LogP contribution is 2.01. The Labute approximate surface area is 116 Å². The average molecular weight is 288 g/mol. The van der Waals surface area contributed by atoms with Crippen molar-refractivity contribution in [2.45, 2.75) is 13.0 Å². The number of carboxylic acid groups (broad SMARTS) is 1. The van der Waals surface area contributed by atoms with Crippen LogP contribution in [0.2, 0.25) is 0 Å². The van der Waals surface area contributed by atoms with Gasteiger partial charge in [0.2, 0.25) is 11.8 Å². The first kappa shape index (κ1) is 18.0. The van der Waals surface area contributed by atoms with E-state index < -0.39 is 17.8 Å². The molecule has 0 radical (unpaired) electrons. The van der Waals surface area contributed by atoms with Gasteiger partial charge in [0.05, 0.1) is 26.2 Å². The van der Waals surface area contributed by atoms with Crippen LogP contribution in [-0.2, 0) is 19.2 Å². The quantitative estimate of drug-likeness (QED) is 0.349. The second-order valence-corrected chi connectivity index (χ2v) is 4.44. The number of amides is 2. The summed E-state index contributed by atoms with van der Waals surface area (Å²) in [5, 5.41) is 8.76. The number of aliphatic carboxylic acids is 1. The van der Waals surface area contributed by atoms with Crippen molar-refractivity contribution in [3.8, 4) is 0 Å². The van der Waals surface area contributed by atoms with E-state index in [0.717, 1.165) is 0 Å². The van der Waals surface area contributed by atoms with Crippen LogP contribution in [0.15, 0.2) is 0 Å². The average Bonchev–Trinajstić information content (AvgIpc) is 2.25. The normalized spacial score (nSPS) is 12.3. The largest absolute Gasteiger partial charge is 0.480 e. The molecular formula is C11H20N4O5. The molecule has 0 aromatic rings. The summed E-state index contributed by atoms with van der Waals surface area (Å²) >= 11 is 0. The van der Waals surface area contributed by atoms with Gasteiger partial charge in [-0.3, -0.25) is 24.2 Å². The van der Waals surface area contributed by atoms with Gasteiger partial charge in [-0.15, -0.1) is 0 Å². The molecule has 5 N–H and O–H groups in total. The number of rotatable bonds is 11. The zero-order valence-corrected chi connectivity index (χ0v) is 11.3. The predicted octanol–water partition coefficient (Wildman–Crippen LogP) is -2.77. The molecule has 0 heterocycles. The first-order valence-corrected chi connectivity index (χ1v) is 5.94. The summed E-state index contributed by atoms with van der Waals surface area (Å²) in [6, 6.07) is -0.341. The molecule has 9 nitrogen and oxygen atoms in total. The molecule has 0 spiro atoms. The van der Waals surface area contributed by atoms with E-state index in [1.54, 1.807) is 6.92 Å². The van der Waals surface area contributed by atoms with Crippen LogP contribution in [-0.4, -0.2) is 77.7 Å². The zero-order chi connectivity index (χ0) is 15.7. The maximum atomic E-state index is 10.9. The summed E-state index contributed by atoms with van der Waals surface area (Å²) in [5.41, 5.74) is 10.1. The van der Waals surface area contributed by atoms with Crippen molar-refractivity contribution in [3.05, 3.63) is 0 Å². The molecule has 20 heavy (non-hydrogen) atoms. The van der Waals surface area contributed by atoms with Crippen LogP contribution in [0.5, 0.6) is 0 Å². The summed E-state index contributed by atoms with van der Waals surface area (Å²) in [5.74, 6) is -2.36. The van der Waals surface area contributed by atoms with E-state index in [-0.39, 0.29) is 38.8 Å². The van der Waals surface area contributed by atoms with Gasteiger partial charge < -0.3 is 21.4 Å². The lowest BCUT2D eigenvalue weighted by Crippen LogP contribution is -2.49. The van der Waals surface area contributed by atoms with Crippen LogP contribution in [0, 0.1) is 0 Å². The Morgan fingerprint density at radius 2 is 1.70 bits per heavy atom. The van der Waals surface area contributed by atoms with Crippen molar-refractivity contribution in [1.29, 1.82) is 0 Å². The highest BCUT2D eigenvalue weighted by molar-refractivity contribution is 5.77. The number of hydrogen-bond acceptors (Lipinski definition) is 6. The number of aldehydes is 1. The molecule has 0 aliphatic rings. The lowest BCUT2D eigenvalue weighted by molar-refractivity contribution is -0.139. The van der Waals surface area contributed by atoms with Crippen LogP contribution >= 0.6 is 0 Å². The van der Waals surface area contributed by atoms with Gasteiger partial charge in [0.1, 0.15) is 6.29 Å². The molecule has 0 unspecified atom stereocenters. The third-order valence-corrected chi connectivity index (χ3v) is 2.55. The highest BCUT2D eigenvalue weighted by Gasteiger charge is 2.21. The molecule has 0 fully saturated rings. The fourth-order valence-corrected chi connectivity index (χ4v) is 1.78. The number of carbonyl (C=O) groups is 4. The Balaban J connectivity index is 4.69. The van der Waals surface area contributed by atoms with Gasteiger partial charge in [0.15, 0.2) is 0 Å². The van der Waals surface area contributed by atoms with Gasteiger partial charge in [-0.2, -0.15) is 0 Å². The topological polar surface area (TPSA) is 147 Å². The lowest BCUT2D eigenvalue weighted by Gasteiger charge is -2.30. The molecule has 0 aliphatic heterocycles. The van der Waals surface area contributed by atoms with Crippen molar-refractivity contribution < 1.29 is 24.3 Å². The van der Waals surface area contributed by atoms with Crippen molar-refractivity contribution in [3.63, 3.8) is 0 Å². The fourth-order valence-electron chi connectivity index (χ4n) is 1.78. The number of carbonyl (C=O) groups excluding carboxylic acids is 3. The molecule has 114 valence electrons. The Hall–Kier alpha value is -2.00. The molecule has 0 bridgehead atoms. The van der Waals surface area contributed by atoms with Crippen molar-refractivity contribution >= 4 is 24.1 Å². The number of carboxylic acids is 1. The molecule has 0 aliphatic carbocycles. The second-order valence-electron chi connectivity index (χ2n) is 4.44. The van der Waals surface area contributed by atoms with Crippen LogP contribution < -0.4 is 11.5 Å². The molecular weight excluding hydrogens is 268 g/mol. The lowest BCUT2D eigenvalue weighted by atomic mass is 10.2. The van der Waals surface area contributed by atoms with Crippen molar-refractivity contribution in [2.75, 3.05) is 32.7 Å². The minimum absolute atomic E-state index is 0.0123. The number of primary amides is 2. The maximum Gasteiger partial charge on any atom is 0.317 e. The molecule has 0 aromatic carbocycles. The van der Waals surface area contributed by atoms with E-state index in [1.165, 1.54) is 9.80 Å². The summed E-state index contributed by atoms with van der Waals surface area (Å²) in [6.45, 7) is 1.14. The van der Waals surface area contributed by atoms with Gasteiger partial charge in [-0.25, -0.2) is 0 Å². The Morgan fingerprint density at radius 1 is 1.15 bits per heavy atom. The second kappa shape index (κ2) is 8.99. The smallest absolute Gasteiger partial charge is 0.317 e. The first-order chi connectivity index (χ1) is 9.26. The molecule has 0 saturated heterocycles. The van der Waals surface area contributed by atoms with E-state index in [9.17, 15) is 19.2 Å². The molecule has 9 heteroatoms. The third kappa shape index (κ3) is 8.16. The van der Waals surface area contributed by atoms with E-state index in [4.69, 9.17) is 16.6 Å². The minimum Gasteiger partial charge on any atom is -0.480 e. The van der Waals surface area contributed by atoms with Crippen LogP contribution in [0.25, 0.3) is 0 Å². The number of nitrogens with two attached hydrogens (primary N) is 2. The monoisotopic (exact) mass is 288 g/mol. The van der Waals surface area contributed by atoms with Gasteiger partial charge >= 0.3 is 5.97 Å². The van der Waals surface area contributed by atoms with Gasteiger partial charge in [-0.05, 0) is 6.92 Å². The number of nitrogens with zero attached hydrogens (tertiary/aromatic N) is 2. The Bertz CT molecular complexity index is 358. The number of hydrogen-bond donors (Lipinski definition) is 3. The molecule has 0 aromatic heterocycles. The van der Waals surface area contributed by atoms with Gasteiger partial charge in [-0.1, -0.05) is 0 Å². The molecule has 0 rings (SSSR count). The Morgan fingerprint density at radius 3 is 2.10 bits per heavy atom. The zero-order valence-electron chi connectivity index (χ0n) is 11.3. The van der Waals surface area contributed by atoms with E-state index in [1.807, 2.05) is 0 Å². The molecule has 0 saturated carbocycles.